The van der Waals surface area contributed by atoms with Crippen LogP contribution < -0.4 is 5.46 Å². The van der Waals surface area contributed by atoms with E-state index in [0.717, 1.165) is 0 Å². The first-order chi connectivity index (χ1) is 6.37. The zero-order chi connectivity index (χ0) is 11.0. The van der Waals surface area contributed by atoms with Crippen molar-refractivity contribution in [2.45, 2.75) is 0 Å². The number of hydrogen-bond acceptors (Lipinski definition) is 0. The van der Waals surface area contributed by atoms with Gasteiger partial charge in [0, 0.05) is 5.46 Å². The van der Waals surface area contributed by atoms with Crippen molar-refractivity contribution in [1.29, 1.82) is 0 Å². The molecule has 14 heavy (non-hydrogen) atoms. The van der Waals surface area contributed by atoms with Gasteiger partial charge < -0.3 is 0 Å². The Morgan fingerprint density at radius 1 is 0.643 bits per heavy atom. The second-order valence-electron chi connectivity index (χ2n) is 2.28. The van der Waals surface area contributed by atoms with Crippen molar-refractivity contribution in [2.75, 3.05) is 0 Å². The summed E-state index contributed by atoms with van der Waals surface area (Å²) in [5, 5.41) is 0. The molecule has 0 amide bonds. The lowest BCUT2D eigenvalue weighted by molar-refractivity contribution is 0.384. The Morgan fingerprint density at radius 3 is 1.21 bits per heavy atom. The van der Waals surface area contributed by atoms with Crippen molar-refractivity contribution < 1.29 is 22.0 Å². The fraction of sp³-hybridized carbons (Fsp3) is 0. The van der Waals surface area contributed by atoms with Crippen molar-refractivity contribution >= 4 is 33.9 Å². The summed E-state index contributed by atoms with van der Waals surface area (Å²) in [5.41, 5.74) is -3.07. The zero-order valence-electron chi connectivity index (χ0n) is 6.22. The van der Waals surface area contributed by atoms with Gasteiger partial charge in [0.05, 0.1) is 0 Å². The topological polar surface area (TPSA) is 0 Å². The van der Waals surface area contributed by atoms with Crippen LogP contribution in [0.3, 0.4) is 0 Å². The summed E-state index contributed by atoms with van der Waals surface area (Å²) in [6.07, 6.45) is 0. The van der Waals surface area contributed by atoms with E-state index in [-0.39, 0.29) is 0 Å². The third-order valence-electron chi connectivity index (χ3n) is 1.46. The summed E-state index contributed by atoms with van der Waals surface area (Å²) in [6.45, 7) is 0. The molecule has 0 fully saturated rings. The minimum atomic E-state index is -2.24. The highest BCUT2D eigenvalue weighted by Gasteiger charge is 2.30. The Morgan fingerprint density at radius 2 is 0.929 bits per heavy atom. The lowest BCUT2D eigenvalue weighted by atomic mass is 9.91. The van der Waals surface area contributed by atoms with Gasteiger partial charge in [-0.25, -0.2) is 22.0 Å². The van der Waals surface area contributed by atoms with E-state index in [2.05, 4.69) is 0 Å². The molecular formula is C6BCl2F5. The van der Waals surface area contributed by atoms with E-state index in [1.54, 1.807) is 0 Å². The van der Waals surface area contributed by atoms with Gasteiger partial charge in [-0.15, -0.1) is 0 Å². The van der Waals surface area contributed by atoms with Crippen LogP contribution in [0.2, 0.25) is 0 Å². The largest absolute Gasteiger partial charge is 0.388 e. The smallest absolute Gasteiger partial charge is 0.204 e. The van der Waals surface area contributed by atoms with E-state index in [1.165, 1.54) is 0 Å². The molecular weight excluding hydrogens is 249 g/mol. The first-order valence-electron chi connectivity index (χ1n) is 3.17. The second-order valence-corrected chi connectivity index (χ2v) is 3.38. The van der Waals surface area contributed by atoms with Crippen molar-refractivity contribution in [3.05, 3.63) is 29.1 Å². The molecule has 0 aromatic heterocycles. The molecule has 1 aromatic carbocycles. The summed E-state index contributed by atoms with van der Waals surface area (Å²) < 4.78 is 62.9. The summed E-state index contributed by atoms with van der Waals surface area (Å²) in [5.74, 6) is -10.4. The van der Waals surface area contributed by atoms with E-state index in [4.69, 9.17) is 22.9 Å². The van der Waals surface area contributed by atoms with Gasteiger partial charge in [0.1, 0.15) is 0 Å². The molecule has 0 aliphatic carbocycles. The highest BCUT2D eigenvalue weighted by Crippen LogP contribution is 2.18. The second kappa shape index (κ2) is 3.94. The van der Waals surface area contributed by atoms with Gasteiger partial charge >= 0.3 is 5.54 Å². The van der Waals surface area contributed by atoms with Crippen LogP contribution in [-0.4, -0.2) is 5.54 Å². The maximum absolute atomic E-state index is 12.8. The van der Waals surface area contributed by atoms with E-state index in [9.17, 15) is 22.0 Å². The highest BCUT2D eigenvalue weighted by atomic mass is 35.5. The van der Waals surface area contributed by atoms with Crippen LogP contribution in [0.15, 0.2) is 0 Å². The van der Waals surface area contributed by atoms with Crippen LogP contribution in [0, 0.1) is 29.1 Å². The molecule has 0 saturated carbocycles. The van der Waals surface area contributed by atoms with Gasteiger partial charge in [-0.2, -0.15) is 22.9 Å². The van der Waals surface area contributed by atoms with Gasteiger partial charge in [-0.05, 0) is 0 Å². The molecule has 0 aliphatic heterocycles. The quantitative estimate of drug-likeness (QED) is 0.310. The van der Waals surface area contributed by atoms with Crippen LogP contribution in [0.5, 0.6) is 0 Å². The minimum Gasteiger partial charge on any atom is -0.204 e. The molecule has 0 spiro atoms. The third-order valence-corrected chi connectivity index (χ3v) is 1.90. The van der Waals surface area contributed by atoms with E-state index >= 15 is 0 Å². The fourth-order valence-electron chi connectivity index (χ4n) is 0.813. The molecule has 1 rings (SSSR count). The molecule has 0 radical (unpaired) electrons. The zero-order valence-corrected chi connectivity index (χ0v) is 7.73. The SMILES string of the molecule is Fc1c(F)c(F)c(B(Cl)Cl)c(F)c1F. The van der Waals surface area contributed by atoms with E-state index in [1.807, 2.05) is 0 Å². The first kappa shape index (κ1) is 11.6. The van der Waals surface area contributed by atoms with Gasteiger partial charge in [0.2, 0.25) is 0 Å². The van der Waals surface area contributed by atoms with Crippen molar-refractivity contribution in [3.63, 3.8) is 0 Å². The predicted octanol–water partition coefficient (Wildman–Crippen LogP) is 2.55. The Balaban J connectivity index is 3.60. The molecule has 0 atom stereocenters. The first-order valence-corrected chi connectivity index (χ1v) is 4.04. The molecule has 0 aliphatic rings. The molecule has 0 unspecified atom stereocenters. The number of benzene rings is 1. The average molecular weight is 249 g/mol. The molecule has 0 heterocycles. The number of rotatable bonds is 1. The maximum atomic E-state index is 12.8. The lowest BCUT2D eigenvalue weighted by Crippen LogP contribution is -2.30. The Bertz CT molecular complexity index is 352. The minimum absolute atomic E-state index is 1.25. The van der Waals surface area contributed by atoms with Crippen LogP contribution in [-0.2, 0) is 0 Å². The Labute approximate surface area is 85.5 Å². The Kier molecular flexibility index (Phi) is 3.26. The van der Waals surface area contributed by atoms with E-state index in [0.29, 0.717) is 0 Å². The van der Waals surface area contributed by atoms with Crippen LogP contribution in [0.4, 0.5) is 22.0 Å². The van der Waals surface area contributed by atoms with Crippen LogP contribution >= 0.6 is 22.9 Å². The summed E-state index contributed by atoms with van der Waals surface area (Å²) in [6, 6.07) is 0. The maximum Gasteiger partial charge on any atom is 0.388 e. The van der Waals surface area contributed by atoms with Gasteiger partial charge in [0.15, 0.2) is 29.1 Å². The standard InChI is InChI=1S/C6BCl2F5/c8-7(9)1-2(10)4(12)6(14)5(13)3(1)11. The third kappa shape index (κ3) is 1.68. The normalized spacial score (nSPS) is 10.5. The average Bonchev–Trinajstić information content (AvgIpc) is 2.11. The molecule has 0 N–H and O–H groups in total. The van der Waals surface area contributed by atoms with Crippen molar-refractivity contribution in [2.24, 2.45) is 0 Å². The monoisotopic (exact) mass is 248 g/mol. The fourth-order valence-corrected chi connectivity index (χ4v) is 1.20. The van der Waals surface area contributed by atoms with Crippen molar-refractivity contribution in [1.82, 2.24) is 0 Å². The van der Waals surface area contributed by atoms with Gasteiger partial charge in [-0.1, -0.05) is 0 Å². The molecule has 8 heteroatoms. The van der Waals surface area contributed by atoms with Gasteiger partial charge in [-0.3, -0.25) is 0 Å². The number of hydrogen-bond donors (Lipinski definition) is 0. The summed E-state index contributed by atoms with van der Waals surface area (Å²) >= 11 is 10.1. The molecule has 0 bridgehead atoms. The van der Waals surface area contributed by atoms with Crippen molar-refractivity contribution in [3.8, 4) is 0 Å². The molecule has 0 saturated heterocycles. The highest BCUT2D eigenvalue weighted by molar-refractivity contribution is 7.39. The molecule has 76 valence electrons. The summed E-state index contributed by atoms with van der Waals surface area (Å²) in [7, 11) is 0. The number of halogens is 7. The molecule has 0 nitrogen and oxygen atoms in total. The predicted molar refractivity (Wildman–Crippen MR) is 43.3 cm³/mol. The lowest BCUT2D eigenvalue weighted by Gasteiger charge is -2.06. The summed E-state index contributed by atoms with van der Waals surface area (Å²) in [4.78, 5) is 0. The van der Waals surface area contributed by atoms with Crippen LogP contribution in [0.25, 0.3) is 0 Å². The molecule has 1 aromatic rings. The Hall–Kier alpha value is -0.485. The van der Waals surface area contributed by atoms with Crippen LogP contribution in [0.1, 0.15) is 0 Å². The van der Waals surface area contributed by atoms with E-state index < -0.39 is 40.1 Å². The van der Waals surface area contributed by atoms with Gasteiger partial charge in [0.25, 0.3) is 0 Å².